The summed E-state index contributed by atoms with van der Waals surface area (Å²) in [5.41, 5.74) is 2.60. The first-order valence-corrected chi connectivity index (χ1v) is 5.26. The molecule has 74 valence electrons. The second kappa shape index (κ2) is 4.45. The van der Waals surface area contributed by atoms with E-state index < -0.39 is 0 Å². The van der Waals surface area contributed by atoms with E-state index in [1.165, 1.54) is 17.8 Å². The number of rotatable bonds is 4. The Morgan fingerprint density at radius 3 is 2.46 bits per heavy atom. The average Bonchev–Trinajstić information content (AvgIpc) is 2.48. The molecule has 0 fully saturated rings. The molecule has 0 radical (unpaired) electrons. The molecule has 0 aromatic carbocycles. The predicted molar refractivity (Wildman–Crippen MR) is 56.0 cm³/mol. The minimum atomic E-state index is 0.510. The van der Waals surface area contributed by atoms with E-state index in [1.54, 1.807) is 0 Å². The third-order valence-electron chi connectivity index (χ3n) is 2.26. The van der Waals surface area contributed by atoms with Crippen LogP contribution in [0.25, 0.3) is 0 Å². The molecule has 1 rings (SSSR count). The SMILES string of the molecule is CCCc1[nH]c(C(C)C)nc1CC. The van der Waals surface area contributed by atoms with Crippen molar-refractivity contribution in [3.8, 4) is 0 Å². The van der Waals surface area contributed by atoms with Crippen molar-refractivity contribution in [1.29, 1.82) is 0 Å². The van der Waals surface area contributed by atoms with Gasteiger partial charge in [-0.25, -0.2) is 4.98 Å². The number of aromatic amines is 1. The van der Waals surface area contributed by atoms with Crippen LogP contribution in [0.2, 0.25) is 0 Å². The first kappa shape index (κ1) is 10.3. The van der Waals surface area contributed by atoms with Gasteiger partial charge in [0.1, 0.15) is 5.82 Å². The fourth-order valence-corrected chi connectivity index (χ4v) is 1.49. The molecular formula is C11H20N2. The quantitative estimate of drug-likeness (QED) is 0.758. The monoisotopic (exact) mass is 180 g/mol. The molecular weight excluding hydrogens is 160 g/mol. The lowest BCUT2D eigenvalue weighted by atomic mass is 10.2. The highest BCUT2D eigenvalue weighted by atomic mass is 14.9. The van der Waals surface area contributed by atoms with Crippen molar-refractivity contribution in [3.05, 3.63) is 17.2 Å². The number of imidazole rings is 1. The lowest BCUT2D eigenvalue weighted by Crippen LogP contribution is -1.90. The largest absolute Gasteiger partial charge is 0.345 e. The summed E-state index contributed by atoms with van der Waals surface area (Å²) in [6.45, 7) is 8.72. The van der Waals surface area contributed by atoms with Gasteiger partial charge in [0.05, 0.1) is 5.69 Å². The molecule has 0 saturated heterocycles. The minimum Gasteiger partial charge on any atom is -0.345 e. The van der Waals surface area contributed by atoms with Crippen molar-refractivity contribution in [3.63, 3.8) is 0 Å². The molecule has 1 heterocycles. The predicted octanol–water partition coefficient (Wildman–Crippen LogP) is 3.05. The molecule has 13 heavy (non-hydrogen) atoms. The molecule has 0 amide bonds. The third kappa shape index (κ3) is 2.33. The van der Waals surface area contributed by atoms with Crippen LogP contribution in [0.5, 0.6) is 0 Å². The van der Waals surface area contributed by atoms with Crippen LogP contribution < -0.4 is 0 Å². The summed E-state index contributed by atoms with van der Waals surface area (Å²) in [6.07, 6.45) is 3.36. The van der Waals surface area contributed by atoms with Crippen molar-refractivity contribution in [2.75, 3.05) is 0 Å². The van der Waals surface area contributed by atoms with Gasteiger partial charge in [-0.3, -0.25) is 0 Å². The van der Waals surface area contributed by atoms with Gasteiger partial charge >= 0.3 is 0 Å². The van der Waals surface area contributed by atoms with Gasteiger partial charge in [-0.15, -0.1) is 0 Å². The van der Waals surface area contributed by atoms with Gasteiger partial charge in [0.2, 0.25) is 0 Å². The van der Waals surface area contributed by atoms with Gasteiger partial charge in [0.15, 0.2) is 0 Å². The number of aryl methyl sites for hydroxylation is 2. The molecule has 0 bridgehead atoms. The number of hydrogen-bond acceptors (Lipinski definition) is 1. The zero-order valence-corrected chi connectivity index (χ0v) is 9.15. The summed E-state index contributed by atoms with van der Waals surface area (Å²) < 4.78 is 0. The van der Waals surface area contributed by atoms with E-state index in [4.69, 9.17) is 0 Å². The van der Waals surface area contributed by atoms with Crippen LogP contribution in [-0.4, -0.2) is 9.97 Å². The molecule has 0 atom stereocenters. The number of H-pyrrole nitrogens is 1. The molecule has 0 spiro atoms. The Labute approximate surface area is 80.8 Å². The molecule has 1 N–H and O–H groups in total. The summed E-state index contributed by atoms with van der Waals surface area (Å²) in [5, 5.41) is 0. The summed E-state index contributed by atoms with van der Waals surface area (Å²) in [4.78, 5) is 8.01. The topological polar surface area (TPSA) is 28.7 Å². The zero-order valence-electron chi connectivity index (χ0n) is 9.15. The summed E-state index contributed by atoms with van der Waals surface area (Å²) in [7, 11) is 0. The minimum absolute atomic E-state index is 0.510. The highest BCUT2D eigenvalue weighted by molar-refractivity contribution is 5.16. The Kier molecular flexibility index (Phi) is 3.52. The van der Waals surface area contributed by atoms with Crippen LogP contribution in [-0.2, 0) is 12.8 Å². The molecule has 1 aromatic heterocycles. The second-order valence-corrected chi connectivity index (χ2v) is 3.81. The smallest absolute Gasteiger partial charge is 0.109 e. The molecule has 1 aromatic rings. The fourth-order valence-electron chi connectivity index (χ4n) is 1.49. The third-order valence-corrected chi connectivity index (χ3v) is 2.26. The lowest BCUT2D eigenvalue weighted by Gasteiger charge is -1.97. The molecule has 0 saturated carbocycles. The lowest BCUT2D eigenvalue weighted by molar-refractivity contribution is 0.782. The van der Waals surface area contributed by atoms with E-state index in [9.17, 15) is 0 Å². The van der Waals surface area contributed by atoms with Gasteiger partial charge in [-0.2, -0.15) is 0 Å². The highest BCUT2D eigenvalue weighted by Gasteiger charge is 2.09. The van der Waals surface area contributed by atoms with Gasteiger partial charge in [0.25, 0.3) is 0 Å². The Hall–Kier alpha value is -0.790. The van der Waals surface area contributed by atoms with Crippen LogP contribution in [0.1, 0.15) is 57.2 Å². The van der Waals surface area contributed by atoms with Gasteiger partial charge in [-0.1, -0.05) is 34.1 Å². The molecule has 2 nitrogen and oxygen atoms in total. The standard InChI is InChI=1S/C11H20N2/c1-5-7-10-9(6-2)12-11(13-10)8(3)4/h8H,5-7H2,1-4H3,(H,12,13). The maximum atomic E-state index is 4.59. The van der Waals surface area contributed by atoms with Crippen molar-refractivity contribution in [1.82, 2.24) is 9.97 Å². The Bertz CT molecular complexity index is 261. The maximum absolute atomic E-state index is 4.59. The van der Waals surface area contributed by atoms with E-state index in [0.717, 1.165) is 18.7 Å². The maximum Gasteiger partial charge on any atom is 0.109 e. The van der Waals surface area contributed by atoms with E-state index in [1.807, 2.05) is 0 Å². The van der Waals surface area contributed by atoms with Gasteiger partial charge < -0.3 is 4.98 Å². The normalized spacial score (nSPS) is 11.2. The molecule has 0 aliphatic carbocycles. The van der Waals surface area contributed by atoms with Crippen molar-refractivity contribution in [2.45, 2.75) is 52.9 Å². The molecule has 0 unspecified atom stereocenters. The van der Waals surface area contributed by atoms with E-state index in [0.29, 0.717) is 5.92 Å². The van der Waals surface area contributed by atoms with E-state index in [2.05, 4.69) is 37.7 Å². The average molecular weight is 180 g/mol. The number of aromatic nitrogens is 2. The number of nitrogens with one attached hydrogen (secondary N) is 1. The summed E-state index contributed by atoms with van der Waals surface area (Å²) in [6, 6.07) is 0. The highest BCUT2D eigenvalue weighted by Crippen LogP contribution is 2.15. The van der Waals surface area contributed by atoms with Crippen LogP contribution in [0.3, 0.4) is 0 Å². The Balaban J connectivity index is 2.90. The zero-order chi connectivity index (χ0) is 9.84. The first-order chi connectivity index (χ1) is 6.19. The Morgan fingerprint density at radius 2 is 2.00 bits per heavy atom. The van der Waals surface area contributed by atoms with Crippen LogP contribution >= 0.6 is 0 Å². The fraction of sp³-hybridized carbons (Fsp3) is 0.727. The van der Waals surface area contributed by atoms with Crippen molar-refractivity contribution < 1.29 is 0 Å². The first-order valence-electron chi connectivity index (χ1n) is 5.26. The van der Waals surface area contributed by atoms with E-state index >= 15 is 0 Å². The van der Waals surface area contributed by atoms with Crippen molar-refractivity contribution in [2.24, 2.45) is 0 Å². The number of nitrogens with zero attached hydrogens (tertiary/aromatic N) is 1. The van der Waals surface area contributed by atoms with Crippen molar-refractivity contribution >= 4 is 0 Å². The summed E-state index contributed by atoms with van der Waals surface area (Å²) >= 11 is 0. The number of hydrogen-bond donors (Lipinski definition) is 1. The molecule has 0 aliphatic rings. The van der Waals surface area contributed by atoms with Gasteiger partial charge in [-0.05, 0) is 12.8 Å². The molecule has 0 aliphatic heterocycles. The van der Waals surface area contributed by atoms with Crippen LogP contribution in [0.15, 0.2) is 0 Å². The Morgan fingerprint density at radius 1 is 1.31 bits per heavy atom. The van der Waals surface area contributed by atoms with Gasteiger partial charge in [0, 0.05) is 11.6 Å². The summed E-state index contributed by atoms with van der Waals surface area (Å²) in [5.74, 6) is 1.65. The van der Waals surface area contributed by atoms with Crippen LogP contribution in [0, 0.1) is 0 Å². The van der Waals surface area contributed by atoms with E-state index in [-0.39, 0.29) is 0 Å². The van der Waals surface area contributed by atoms with Crippen LogP contribution in [0.4, 0.5) is 0 Å². The second-order valence-electron chi connectivity index (χ2n) is 3.81. The molecule has 2 heteroatoms.